The lowest BCUT2D eigenvalue weighted by Gasteiger charge is -2.22. The van der Waals surface area contributed by atoms with Gasteiger partial charge >= 0.3 is 0 Å². The average Bonchev–Trinajstić information content (AvgIpc) is 2.34. The second kappa shape index (κ2) is 7.62. The molecule has 3 nitrogen and oxygen atoms in total. The summed E-state index contributed by atoms with van der Waals surface area (Å²) in [6.07, 6.45) is -0.652. The second-order valence-electron chi connectivity index (χ2n) is 4.27. The van der Waals surface area contributed by atoms with Gasteiger partial charge in [0.1, 0.15) is 5.82 Å². The van der Waals surface area contributed by atoms with Gasteiger partial charge in [0.05, 0.1) is 16.8 Å². The van der Waals surface area contributed by atoms with Crippen LogP contribution in [0, 0.1) is 11.6 Å². The van der Waals surface area contributed by atoms with Crippen LogP contribution in [0.5, 0.6) is 0 Å². The van der Waals surface area contributed by atoms with Gasteiger partial charge < -0.3 is 15.3 Å². The van der Waals surface area contributed by atoms with Gasteiger partial charge in [-0.1, -0.05) is 25.4 Å². The zero-order valence-corrected chi connectivity index (χ0v) is 11.8. The van der Waals surface area contributed by atoms with Gasteiger partial charge in [0.2, 0.25) is 0 Å². The lowest BCUT2D eigenvalue weighted by atomic mass is 10.2. The molecule has 0 saturated heterocycles. The molecule has 0 fully saturated rings. The third-order valence-electron chi connectivity index (χ3n) is 2.88. The molecule has 0 aliphatic carbocycles. The molecule has 0 saturated carbocycles. The van der Waals surface area contributed by atoms with E-state index < -0.39 is 17.7 Å². The molecular formula is C13H19ClF2N2O. The van der Waals surface area contributed by atoms with E-state index in [1.54, 1.807) is 0 Å². The lowest BCUT2D eigenvalue weighted by Crippen LogP contribution is -2.36. The minimum Gasteiger partial charge on any atom is -0.390 e. The summed E-state index contributed by atoms with van der Waals surface area (Å²) in [5.74, 6) is -1.49. The van der Waals surface area contributed by atoms with Crippen LogP contribution in [0.3, 0.4) is 0 Å². The van der Waals surface area contributed by atoms with Gasteiger partial charge in [-0.2, -0.15) is 0 Å². The largest absolute Gasteiger partial charge is 0.390 e. The quantitative estimate of drug-likeness (QED) is 0.811. The van der Waals surface area contributed by atoms with E-state index in [9.17, 15) is 13.9 Å². The van der Waals surface area contributed by atoms with Crippen molar-refractivity contribution < 1.29 is 13.9 Å². The zero-order chi connectivity index (χ0) is 14.4. The van der Waals surface area contributed by atoms with Crippen molar-refractivity contribution >= 4 is 17.3 Å². The van der Waals surface area contributed by atoms with Crippen LogP contribution in [0.25, 0.3) is 0 Å². The average molecular weight is 293 g/mol. The van der Waals surface area contributed by atoms with Crippen molar-refractivity contribution in [2.45, 2.75) is 20.0 Å². The highest BCUT2D eigenvalue weighted by atomic mass is 35.5. The molecule has 0 aromatic heterocycles. The Kier molecular flexibility index (Phi) is 6.48. The van der Waals surface area contributed by atoms with Crippen LogP contribution >= 0.6 is 11.6 Å². The Balaban J connectivity index is 2.57. The number of aliphatic hydroxyl groups excluding tert-OH is 1. The van der Waals surface area contributed by atoms with E-state index in [0.29, 0.717) is 6.54 Å². The molecule has 0 radical (unpaired) electrons. The number of anilines is 1. The molecule has 0 aliphatic heterocycles. The van der Waals surface area contributed by atoms with E-state index in [0.717, 1.165) is 25.2 Å². The molecule has 1 rings (SSSR count). The SMILES string of the molecule is CCN(CC)CC(O)CNc1c(F)cc(F)cc1Cl. The number of nitrogens with zero attached hydrogens (tertiary/aromatic N) is 1. The number of aliphatic hydroxyl groups is 1. The lowest BCUT2D eigenvalue weighted by molar-refractivity contribution is 0.128. The predicted octanol–water partition coefficient (Wildman–Crippen LogP) is 2.73. The number of benzene rings is 1. The Bertz CT molecular complexity index is 391. The first kappa shape index (κ1) is 16.1. The summed E-state index contributed by atoms with van der Waals surface area (Å²) >= 11 is 5.74. The molecule has 1 aromatic rings. The molecular weight excluding hydrogens is 274 g/mol. The van der Waals surface area contributed by atoms with Gasteiger partial charge in [-0.15, -0.1) is 0 Å². The molecule has 0 heterocycles. The van der Waals surface area contributed by atoms with E-state index in [1.807, 2.05) is 13.8 Å². The molecule has 108 valence electrons. The molecule has 1 aromatic carbocycles. The first-order valence-corrected chi connectivity index (χ1v) is 6.64. The number of halogens is 3. The van der Waals surface area contributed by atoms with Gasteiger partial charge in [-0.3, -0.25) is 0 Å². The van der Waals surface area contributed by atoms with Crippen LogP contribution in [0.2, 0.25) is 5.02 Å². The summed E-state index contributed by atoms with van der Waals surface area (Å²) in [5, 5.41) is 12.5. The van der Waals surface area contributed by atoms with E-state index in [4.69, 9.17) is 11.6 Å². The standard InChI is InChI=1S/C13H19ClF2N2O/c1-3-18(4-2)8-10(19)7-17-13-11(14)5-9(15)6-12(13)16/h5-6,10,17,19H,3-4,7-8H2,1-2H3. The Morgan fingerprint density at radius 3 is 2.47 bits per heavy atom. The highest BCUT2D eigenvalue weighted by molar-refractivity contribution is 6.33. The fraction of sp³-hybridized carbons (Fsp3) is 0.538. The fourth-order valence-electron chi connectivity index (χ4n) is 1.78. The third-order valence-corrected chi connectivity index (χ3v) is 3.18. The normalized spacial score (nSPS) is 12.8. The zero-order valence-electron chi connectivity index (χ0n) is 11.1. The van der Waals surface area contributed by atoms with E-state index in [2.05, 4.69) is 10.2 Å². The topological polar surface area (TPSA) is 35.5 Å². The molecule has 6 heteroatoms. The molecule has 0 spiro atoms. The number of rotatable bonds is 7. The van der Waals surface area contributed by atoms with E-state index in [1.165, 1.54) is 0 Å². The van der Waals surface area contributed by atoms with E-state index in [-0.39, 0.29) is 17.3 Å². The molecule has 0 amide bonds. The first-order chi connectivity index (χ1) is 8.97. The third kappa shape index (κ3) is 4.93. The number of nitrogens with one attached hydrogen (secondary N) is 1. The van der Waals surface area contributed by atoms with Crippen molar-refractivity contribution in [2.24, 2.45) is 0 Å². The van der Waals surface area contributed by atoms with Crippen molar-refractivity contribution in [1.29, 1.82) is 0 Å². The van der Waals surface area contributed by atoms with Crippen LogP contribution in [0.15, 0.2) is 12.1 Å². The van der Waals surface area contributed by atoms with Crippen LogP contribution in [-0.2, 0) is 0 Å². The predicted molar refractivity (Wildman–Crippen MR) is 73.7 cm³/mol. The van der Waals surface area contributed by atoms with Gasteiger partial charge in [-0.05, 0) is 19.2 Å². The Hall–Kier alpha value is -0.910. The minimum absolute atomic E-state index is 0.0154. The summed E-state index contributed by atoms with van der Waals surface area (Å²) in [7, 11) is 0. The van der Waals surface area contributed by atoms with E-state index >= 15 is 0 Å². The fourth-order valence-corrected chi connectivity index (χ4v) is 2.04. The highest BCUT2D eigenvalue weighted by Crippen LogP contribution is 2.26. The van der Waals surface area contributed by atoms with Crippen LogP contribution < -0.4 is 5.32 Å². The summed E-state index contributed by atoms with van der Waals surface area (Å²) in [5.41, 5.74) is 0.0154. The maximum atomic E-state index is 13.5. The monoisotopic (exact) mass is 292 g/mol. The van der Waals surface area contributed by atoms with Crippen molar-refractivity contribution in [3.05, 3.63) is 28.8 Å². The van der Waals surface area contributed by atoms with Crippen LogP contribution in [-0.4, -0.2) is 42.3 Å². The Labute approximate surface area is 117 Å². The van der Waals surface area contributed by atoms with Gasteiger partial charge in [0.25, 0.3) is 0 Å². The van der Waals surface area contributed by atoms with Gasteiger partial charge in [0.15, 0.2) is 5.82 Å². The Morgan fingerprint density at radius 1 is 1.32 bits per heavy atom. The summed E-state index contributed by atoms with van der Waals surface area (Å²) in [6.45, 7) is 6.30. The molecule has 19 heavy (non-hydrogen) atoms. The van der Waals surface area contributed by atoms with Crippen LogP contribution in [0.4, 0.5) is 14.5 Å². The summed E-state index contributed by atoms with van der Waals surface area (Å²) < 4.78 is 26.3. The maximum absolute atomic E-state index is 13.5. The van der Waals surface area contributed by atoms with Crippen molar-refractivity contribution in [3.8, 4) is 0 Å². The molecule has 1 atom stereocenters. The minimum atomic E-state index is -0.764. The smallest absolute Gasteiger partial charge is 0.150 e. The summed E-state index contributed by atoms with van der Waals surface area (Å²) in [4.78, 5) is 2.05. The first-order valence-electron chi connectivity index (χ1n) is 6.26. The summed E-state index contributed by atoms with van der Waals surface area (Å²) in [6, 6.07) is 1.79. The maximum Gasteiger partial charge on any atom is 0.150 e. The molecule has 0 aliphatic rings. The van der Waals surface area contributed by atoms with Gasteiger partial charge in [-0.25, -0.2) is 8.78 Å². The Morgan fingerprint density at radius 2 is 1.95 bits per heavy atom. The van der Waals surface area contributed by atoms with Crippen molar-refractivity contribution in [3.63, 3.8) is 0 Å². The number of hydrogen-bond acceptors (Lipinski definition) is 3. The van der Waals surface area contributed by atoms with Gasteiger partial charge in [0, 0.05) is 19.2 Å². The molecule has 0 bridgehead atoms. The highest BCUT2D eigenvalue weighted by Gasteiger charge is 2.13. The number of likely N-dealkylation sites (N-methyl/N-ethyl adjacent to an activating group) is 1. The van der Waals surface area contributed by atoms with Crippen molar-refractivity contribution in [1.82, 2.24) is 4.90 Å². The number of hydrogen-bond donors (Lipinski definition) is 2. The molecule has 2 N–H and O–H groups in total. The second-order valence-corrected chi connectivity index (χ2v) is 4.67. The van der Waals surface area contributed by atoms with Crippen LogP contribution in [0.1, 0.15) is 13.8 Å². The molecule has 1 unspecified atom stereocenters. The van der Waals surface area contributed by atoms with Crippen molar-refractivity contribution in [2.75, 3.05) is 31.5 Å².